The Bertz CT molecular complexity index is 492. The van der Waals surface area contributed by atoms with Gasteiger partial charge in [-0.15, -0.1) is 0 Å². The molecule has 0 spiro atoms. The third kappa shape index (κ3) is 3.42. The molecule has 7 heteroatoms. The molecule has 0 aliphatic rings. The maximum atomic E-state index is 10.6. The average Bonchev–Trinajstić information content (AvgIpc) is 2.98. The number of rotatable bonds is 7. The van der Waals surface area contributed by atoms with Gasteiger partial charge in [-0.2, -0.15) is 5.10 Å². The number of carbonyl (C=O) groups is 1. The van der Waals surface area contributed by atoms with Gasteiger partial charge in [0.2, 0.25) is 5.76 Å². The molecule has 0 atom stereocenters. The summed E-state index contributed by atoms with van der Waals surface area (Å²) in [6.45, 7) is 1.31. The SMILES string of the molecule is O=C(O)c1ccc(CNCCCc2ncn[nH]2)o1. The van der Waals surface area contributed by atoms with E-state index in [0.29, 0.717) is 12.3 Å². The van der Waals surface area contributed by atoms with E-state index in [1.54, 1.807) is 6.07 Å². The second-order valence-electron chi connectivity index (χ2n) is 3.78. The zero-order valence-electron chi connectivity index (χ0n) is 9.72. The van der Waals surface area contributed by atoms with Crippen LogP contribution >= 0.6 is 0 Å². The summed E-state index contributed by atoms with van der Waals surface area (Å²) in [7, 11) is 0. The van der Waals surface area contributed by atoms with Crippen molar-refractivity contribution in [2.24, 2.45) is 0 Å². The quantitative estimate of drug-likeness (QED) is 0.628. The summed E-state index contributed by atoms with van der Waals surface area (Å²) in [5.74, 6) is 0.398. The van der Waals surface area contributed by atoms with Crippen LogP contribution in [0.25, 0.3) is 0 Å². The first-order valence-electron chi connectivity index (χ1n) is 5.62. The van der Waals surface area contributed by atoms with Crippen LogP contribution in [0, 0.1) is 0 Å². The van der Waals surface area contributed by atoms with E-state index in [4.69, 9.17) is 9.52 Å². The van der Waals surface area contributed by atoms with Gasteiger partial charge >= 0.3 is 5.97 Å². The van der Waals surface area contributed by atoms with E-state index < -0.39 is 5.97 Å². The van der Waals surface area contributed by atoms with Crippen LogP contribution in [0.15, 0.2) is 22.9 Å². The molecule has 2 rings (SSSR count). The van der Waals surface area contributed by atoms with Crippen LogP contribution in [-0.4, -0.2) is 32.8 Å². The molecular formula is C11H14N4O3. The highest BCUT2D eigenvalue weighted by molar-refractivity contribution is 5.84. The van der Waals surface area contributed by atoms with Crippen molar-refractivity contribution in [3.05, 3.63) is 35.8 Å². The molecule has 0 aliphatic heterocycles. The largest absolute Gasteiger partial charge is 0.475 e. The Kier molecular flexibility index (Phi) is 4.08. The molecule has 3 N–H and O–H groups in total. The number of nitrogens with one attached hydrogen (secondary N) is 2. The summed E-state index contributed by atoms with van der Waals surface area (Å²) in [5.41, 5.74) is 0. The zero-order valence-corrected chi connectivity index (χ0v) is 9.72. The summed E-state index contributed by atoms with van der Waals surface area (Å²) in [5, 5.41) is 18.4. The standard InChI is InChI=1S/C11H14N4O3/c16-11(17)9-4-3-8(18-9)6-12-5-1-2-10-13-7-14-15-10/h3-4,7,12H,1-2,5-6H2,(H,16,17)(H,13,14,15). The van der Waals surface area contributed by atoms with E-state index in [0.717, 1.165) is 25.2 Å². The number of aromatic carboxylic acids is 1. The van der Waals surface area contributed by atoms with Gasteiger partial charge in [0.05, 0.1) is 6.54 Å². The molecule has 0 bridgehead atoms. The van der Waals surface area contributed by atoms with Gasteiger partial charge in [0.15, 0.2) is 0 Å². The maximum Gasteiger partial charge on any atom is 0.371 e. The van der Waals surface area contributed by atoms with Gasteiger partial charge in [-0.05, 0) is 25.1 Å². The molecule has 96 valence electrons. The fourth-order valence-corrected chi connectivity index (χ4v) is 1.53. The van der Waals surface area contributed by atoms with E-state index in [1.165, 1.54) is 12.4 Å². The van der Waals surface area contributed by atoms with Crippen LogP contribution in [-0.2, 0) is 13.0 Å². The van der Waals surface area contributed by atoms with Crippen LogP contribution in [0.1, 0.15) is 28.6 Å². The lowest BCUT2D eigenvalue weighted by Crippen LogP contribution is -2.15. The molecular weight excluding hydrogens is 236 g/mol. The van der Waals surface area contributed by atoms with Gasteiger partial charge in [-0.1, -0.05) is 0 Å². The molecule has 0 unspecified atom stereocenters. The molecule has 0 amide bonds. The number of hydrogen-bond acceptors (Lipinski definition) is 5. The number of carboxylic acids is 1. The summed E-state index contributed by atoms with van der Waals surface area (Å²) >= 11 is 0. The monoisotopic (exact) mass is 250 g/mol. The molecule has 7 nitrogen and oxygen atoms in total. The maximum absolute atomic E-state index is 10.6. The lowest BCUT2D eigenvalue weighted by Gasteiger charge is -2.01. The lowest BCUT2D eigenvalue weighted by molar-refractivity contribution is 0.0660. The number of hydrogen-bond donors (Lipinski definition) is 3. The van der Waals surface area contributed by atoms with Gasteiger partial charge in [-0.25, -0.2) is 9.78 Å². The molecule has 2 heterocycles. The second kappa shape index (κ2) is 5.97. The minimum Gasteiger partial charge on any atom is -0.475 e. The Morgan fingerprint density at radius 3 is 3.06 bits per heavy atom. The highest BCUT2D eigenvalue weighted by Crippen LogP contribution is 2.07. The Hall–Kier alpha value is -2.15. The summed E-state index contributed by atoms with van der Waals surface area (Å²) in [6, 6.07) is 3.11. The van der Waals surface area contributed by atoms with Crippen molar-refractivity contribution in [2.75, 3.05) is 6.54 Å². The summed E-state index contributed by atoms with van der Waals surface area (Å²) in [4.78, 5) is 14.6. The minimum atomic E-state index is -1.05. The summed E-state index contributed by atoms with van der Waals surface area (Å²) < 4.78 is 5.11. The molecule has 2 aromatic rings. The number of aryl methyl sites for hydroxylation is 1. The third-order valence-electron chi connectivity index (χ3n) is 2.40. The van der Waals surface area contributed by atoms with Gasteiger partial charge in [0.1, 0.15) is 17.9 Å². The molecule has 0 radical (unpaired) electrons. The Morgan fingerprint density at radius 2 is 2.39 bits per heavy atom. The second-order valence-corrected chi connectivity index (χ2v) is 3.78. The molecule has 0 saturated heterocycles. The van der Waals surface area contributed by atoms with Crippen molar-refractivity contribution in [1.29, 1.82) is 0 Å². The van der Waals surface area contributed by atoms with Gasteiger partial charge < -0.3 is 14.8 Å². The fraction of sp³-hybridized carbons (Fsp3) is 0.364. The summed E-state index contributed by atoms with van der Waals surface area (Å²) in [6.07, 6.45) is 3.23. The van der Waals surface area contributed by atoms with Gasteiger partial charge in [-0.3, -0.25) is 5.10 Å². The average molecular weight is 250 g/mol. The highest BCUT2D eigenvalue weighted by Gasteiger charge is 2.08. The van der Waals surface area contributed by atoms with Gasteiger partial charge in [0.25, 0.3) is 0 Å². The van der Waals surface area contributed by atoms with Crippen molar-refractivity contribution in [2.45, 2.75) is 19.4 Å². The van der Waals surface area contributed by atoms with Gasteiger partial charge in [0, 0.05) is 6.42 Å². The van der Waals surface area contributed by atoms with E-state index >= 15 is 0 Å². The van der Waals surface area contributed by atoms with Crippen LogP contribution in [0.2, 0.25) is 0 Å². The molecule has 0 aliphatic carbocycles. The van der Waals surface area contributed by atoms with E-state index in [-0.39, 0.29) is 5.76 Å². The first kappa shape index (κ1) is 12.3. The number of aromatic nitrogens is 3. The number of aromatic amines is 1. The third-order valence-corrected chi connectivity index (χ3v) is 2.40. The normalized spacial score (nSPS) is 10.7. The number of furan rings is 1. The Labute approximate surface area is 103 Å². The molecule has 0 fully saturated rings. The molecule has 2 aromatic heterocycles. The topological polar surface area (TPSA) is 104 Å². The van der Waals surface area contributed by atoms with E-state index in [1.807, 2.05) is 0 Å². The predicted molar refractivity (Wildman–Crippen MR) is 62.1 cm³/mol. The Balaban J connectivity index is 1.64. The van der Waals surface area contributed by atoms with E-state index in [2.05, 4.69) is 20.5 Å². The van der Waals surface area contributed by atoms with Crippen molar-refractivity contribution < 1.29 is 14.3 Å². The predicted octanol–water partition coefficient (Wildman–Crippen LogP) is 0.818. The first-order chi connectivity index (χ1) is 8.75. The number of carboxylic acid groups (broad SMARTS) is 1. The smallest absolute Gasteiger partial charge is 0.371 e. The zero-order chi connectivity index (χ0) is 12.8. The van der Waals surface area contributed by atoms with Crippen LogP contribution in [0.5, 0.6) is 0 Å². The molecule has 18 heavy (non-hydrogen) atoms. The first-order valence-corrected chi connectivity index (χ1v) is 5.62. The molecule has 0 aromatic carbocycles. The minimum absolute atomic E-state index is 0.0338. The van der Waals surface area contributed by atoms with Crippen LogP contribution in [0.4, 0.5) is 0 Å². The van der Waals surface area contributed by atoms with Crippen LogP contribution < -0.4 is 5.32 Å². The number of H-pyrrole nitrogens is 1. The lowest BCUT2D eigenvalue weighted by atomic mass is 10.3. The van der Waals surface area contributed by atoms with Crippen molar-refractivity contribution >= 4 is 5.97 Å². The van der Waals surface area contributed by atoms with E-state index in [9.17, 15) is 4.79 Å². The Morgan fingerprint density at radius 1 is 1.50 bits per heavy atom. The van der Waals surface area contributed by atoms with Crippen molar-refractivity contribution in [3.63, 3.8) is 0 Å². The highest BCUT2D eigenvalue weighted by atomic mass is 16.4. The van der Waals surface area contributed by atoms with Crippen LogP contribution in [0.3, 0.4) is 0 Å². The van der Waals surface area contributed by atoms with Crippen molar-refractivity contribution in [3.8, 4) is 0 Å². The molecule has 0 saturated carbocycles. The van der Waals surface area contributed by atoms with Crippen molar-refractivity contribution in [1.82, 2.24) is 20.5 Å². The number of nitrogens with zero attached hydrogens (tertiary/aromatic N) is 2. The fourth-order valence-electron chi connectivity index (χ4n) is 1.53.